The summed E-state index contributed by atoms with van der Waals surface area (Å²) in [7, 11) is 3.05. The molecule has 0 heterocycles. The van der Waals surface area contributed by atoms with E-state index in [1.54, 1.807) is 0 Å². The molecule has 110 valence electrons. The number of amides is 2. The number of rotatable bonds is 8. The molecular formula is C11H21N3O5. The van der Waals surface area contributed by atoms with Crippen LogP contribution in [0.1, 0.15) is 13.3 Å². The smallest absolute Gasteiger partial charge is 0.326 e. The van der Waals surface area contributed by atoms with E-state index in [4.69, 9.17) is 5.11 Å². The van der Waals surface area contributed by atoms with Gasteiger partial charge < -0.3 is 25.4 Å². The van der Waals surface area contributed by atoms with Gasteiger partial charge in [-0.15, -0.1) is 0 Å². The number of nitrogens with zero attached hydrogens (tertiary/aromatic N) is 1. The van der Waals surface area contributed by atoms with Gasteiger partial charge in [0, 0.05) is 13.1 Å². The normalized spacial score (nSPS) is 11.8. The van der Waals surface area contributed by atoms with E-state index in [2.05, 4.69) is 15.4 Å². The fraction of sp³-hybridized carbons (Fsp3) is 0.727. The Balaban J connectivity index is 4.10. The highest BCUT2D eigenvalue weighted by Crippen LogP contribution is 1.95. The molecule has 8 nitrogen and oxygen atoms in total. The van der Waals surface area contributed by atoms with E-state index >= 15 is 0 Å². The third kappa shape index (κ3) is 7.98. The predicted molar refractivity (Wildman–Crippen MR) is 67.8 cm³/mol. The van der Waals surface area contributed by atoms with Crippen LogP contribution in [0.3, 0.4) is 0 Å². The monoisotopic (exact) mass is 275 g/mol. The van der Waals surface area contributed by atoms with Gasteiger partial charge in [-0.2, -0.15) is 0 Å². The van der Waals surface area contributed by atoms with Crippen LogP contribution in [0.15, 0.2) is 0 Å². The molecule has 0 aliphatic rings. The maximum Gasteiger partial charge on any atom is 0.326 e. The topological polar surface area (TPSA) is 108 Å². The second kappa shape index (κ2) is 9.15. The number of ether oxygens (including phenoxy) is 1. The summed E-state index contributed by atoms with van der Waals surface area (Å²) >= 11 is 0. The summed E-state index contributed by atoms with van der Waals surface area (Å²) in [5.74, 6) is -1.98. The first-order valence-corrected chi connectivity index (χ1v) is 5.93. The van der Waals surface area contributed by atoms with Gasteiger partial charge in [-0.3, -0.25) is 4.79 Å². The standard InChI is InChI=1S/C11H21N3O5/c1-4-14(2)6-5-12-11(18)13-8(10(16)17)7-9(15)19-3/h8H,4-7H2,1-3H3,(H,16,17)(H2,12,13,18)/t8-/m0/s1. The largest absolute Gasteiger partial charge is 0.480 e. The Morgan fingerprint density at radius 3 is 2.47 bits per heavy atom. The van der Waals surface area contributed by atoms with Gasteiger partial charge in [-0.1, -0.05) is 6.92 Å². The van der Waals surface area contributed by atoms with Gasteiger partial charge in [0.15, 0.2) is 0 Å². The molecule has 0 unspecified atom stereocenters. The van der Waals surface area contributed by atoms with Gasteiger partial charge in [0.2, 0.25) is 0 Å². The van der Waals surface area contributed by atoms with E-state index in [0.717, 1.165) is 13.7 Å². The SMILES string of the molecule is CCN(C)CCNC(=O)N[C@@H](CC(=O)OC)C(=O)O. The fourth-order valence-corrected chi connectivity index (χ4v) is 1.18. The minimum absolute atomic E-state index is 0.390. The van der Waals surface area contributed by atoms with Crippen LogP contribution in [0.4, 0.5) is 4.79 Å². The van der Waals surface area contributed by atoms with Gasteiger partial charge in [-0.25, -0.2) is 9.59 Å². The Morgan fingerprint density at radius 1 is 1.37 bits per heavy atom. The molecule has 1 atom stereocenters. The lowest BCUT2D eigenvalue weighted by Gasteiger charge is -2.16. The highest BCUT2D eigenvalue weighted by Gasteiger charge is 2.23. The number of esters is 1. The average Bonchev–Trinajstić information content (AvgIpc) is 2.37. The first-order valence-electron chi connectivity index (χ1n) is 5.93. The average molecular weight is 275 g/mol. The Hall–Kier alpha value is -1.83. The molecule has 0 aromatic rings. The second-order valence-corrected chi connectivity index (χ2v) is 3.97. The Kier molecular flexibility index (Phi) is 8.27. The van der Waals surface area contributed by atoms with Crippen molar-refractivity contribution in [3.05, 3.63) is 0 Å². The number of urea groups is 1. The van der Waals surface area contributed by atoms with E-state index in [9.17, 15) is 14.4 Å². The maximum atomic E-state index is 11.4. The first-order chi connectivity index (χ1) is 8.90. The minimum atomic E-state index is -1.30. The van der Waals surface area contributed by atoms with Crippen molar-refractivity contribution in [1.82, 2.24) is 15.5 Å². The lowest BCUT2D eigenvalue weighted by atomic mass is 10.2. The summed E-state index contributed by atoms with van der Waals surface area (Å²) in [4.78, 5) is 35.3. The van der Waals surface area contributed by atoms with E-state index < -0.39 is 30.4 Å². The summed E-state index contributed by atoms with van der Waals surface area (Å²) in [6, 6.07) is -1.92. The van der Waals surface area contributed by atoms with Crippen molar-refractivity contribution >= 4 is 18.0 Å². The van der Waals surface area contributed by atoms with Crippen molar-refractivity contribution in [2.75, 3.05) is 33.8 Å². The molecule has 0 rings (SSSR count). The number of carboxylic acid groups (broad SMARTS) is 1. The zero-order valence-electron chi connectivity index (χ0n) is 11.4. The zero-order chi connectivity index (χ0) is 14.8. The van der Waals surface area contributed by atoms with Crippen LogP contribution in [0.2, 0.25) is 0 Å². The lowest BCUT2D eigenvalue weighted by molar-refractivity contribution is -0.147. The molecule has 2 amide bonds. The number of hydrogen-bond donors (Lipinski definition) is 3. The van der Waals surface area contributed by atoms with Gasteiger partial charge in [0.1, 0.15) is 6.04 Å². The predicted octanol–water partition coefficient (Wildman–Crippen LogP) is -0.746. The number of carboxylic acids is 1. The fourth-order valence-electron chi connectivity index (χ4n) is 1.18. The van der Waals surface area contributed by atoms with E-state index in [0.29, 0.717) is 13.1 Å². The first kappa shape index (κ1) is 17.2. The number of carbonyl (C=O) groups excluding carboxylic acids is 2. The lowest BCUT2D eigenvalue weighted by Crippen LogP contribution is -2.48. The molecule has 0 fully saturated rings. The van der Waals surface area contributed by atoms with Crippen molar-refractivity contribution in [3.8, 4) is 0 Å². The van der Waals surface area contributed by atoms with Gasteiger partial charge in [-0.05, 0) is 13.6 Å². The highest BCUT2D eigenvalue weighted by atomic mass is 16.5. The summed E-state index contributed by atoms with van der Waals surface area (Å²) < 4.78 is 4.36. The molecule has 0 aliphatic carbocycles. The molecule has 3 N–H and O–H groups in total. The van der Waals surface area contributed by atoms with E-state index in [1.165, 1.54) is 0 Å². The van der Waals surface area contributed by atoms with Gasteiger partial charge in [0.25, 0.3) is 0 Å². The summed E-state index contributed by atoms with van der Waals surface area (Å²) in [5, 5.41) is 13.6. The molecule has 0 aliphatic heterocycles. The van der Waals surface area contributed by atoms with Crippen LogP contribution in [-0.2, 0) is 14.3 Å². The molecule has 0 saturated heterocycles. The van der Waals surface area contributed by atoms with Gasteiger partial charge in [0.05, 0.1) is 13.5 Å². The van der Waals surface area contributed by atoms with Crippen molar-refractivity contribution in [3.63, 3.8) is 0 Å². The number of methoxy groups -OCH3 is 1. The molecular weight excluding hydrogens is 254 g/mol. The number of likely N-dealkylation sites (N-methyl/N-ethyl adjacent to an activating group) is 1. The molecule has 0 spiro atoms. The van der Waals surface area contributed by atoms with Crippen LogP contribution in [0, 0.1) is 0 Å². The number of carbonyl (C=O) groups is 3. The number of hydrogen-bond acceptors (Lipinski definition) is 5. The number of aliphatic carboxylic acids is 1. The molecule has 0 saturated carbocycles. The van der Waals surface area contributed by atoms with Crippen LogP contribution in [0.25, 0.3) is 0 Å². The molecule has 19 heavy (non-hydrogen) atoms. The van der Waals surface area contributed by atoms with Crippen molar-refractivity contribution in [2.24, 2.45) is 0 Å². The van der Waals surface area contributed by atoms with Crippen molar-refractivity contribution in [1.29, 1.82) is 0 Å². The molecule has 0 radical (unpaired) electrons. The van der Waals surface area contributed by atoms with E-state index in [1.807, 2.05) is 18.9 Å². The van der Waals surface area contributed by atoms with Crippen LogP contribution in [-0.4, -0.2) is 67.8 Å². The molecule has 0 aromatic heterocycles. The number of nitrogens with one attached hydrogen (secondary N) is 2. The summed E-state index contributed by atoms with van der Waals surface area (Å²) in [6.07, 6.45) is -0.409. The highest BCUT2D eigenvalue weighted by molar-refractivity contribution is 5.86. The minimum Gasteiger partial charge on any atom is -0.480 e. The third-order valence-corrected chi connectivity index (χ3v) is 2.52. The van der Waals surface area contributed by atoms with Crippen LogP contribution in [0.5, 0.6) is 0 Å². The van der Waals surface area contributed by atoms with Crippen LogP contribution < -0.4 is 10.6 Å². The van der Waals surface area contributed by atoms with E-state index in [-0.39, 0.29) is 0 Å². The molecule has 0 bridgehead atoms. The van der Waals surface area contributed by atoms with Gasteiger partial charge >= 0.3 is 18.0 Å². The molecule has 8 heteroatoms. The van der Waals surface area contributed by atoms with Crippen molar-refractivity contribution in [2.45, 2.75) is 19.4 Å². The summed E-state index contributed by atoms with van der Waals surface area (Å²) in [6.45, 7) is 3.87. The summed E-state index contributed by atoms with van der Waals surface area (Å²) in [5.41, 5.74) is 0. The zero-order valence-corrected chi connectivity index (χ0v) is 11.4. The maximum absolute atomic E-state index is 11.4. The Labute approximate surface area is 112 Å². The quantitative estimate of drug-likeness (QED) is 0.503. The molecule has 0 aromatic carbocycles. The third-order valence-electron chi connectivity index (χ3n) is 2.52. The van der Waals surface area contributed by atoms with Crippen LogP contribution >= 0.6 is 0 Å². The Morgan fingerprint density at radius 2 is 2.00 bits per heavy atom. The van der Waals surface area contributed by atoms with Crippen molar-refractivity contribution < 1.29 is 24.2 Å². The Bertz CT molecular complexity index is 321. The second-order valence-electron chi connectivity index (χ2n) is 3.97.